The van der Waals surface area contributed by atoms with Crippen LogP contribution in [-0.4, -0.2) is 50.9 Å². The van der Waals surface area contributed by atoms with E-state index in [9.17, 15) is 0 Å². The number of aromatic nitrogens is 2. The lowest BCUT2D eigenvalue weighted by molar-refractivity contribution is 0.177. The Morgan fingerprint density at radius 1 is 0.935 bits per heavy atom. The van der Waals surface area contributed by atoms with Crippen molar-refractivity contribution in [3.05, 3.63) is 81.1 Å². The Morgan fingerprint density at radius 3 is 2.42 bits per heavy atom. The van der Waals surface area contributed by atoms with Crippen LogP contribution in [0.25, 0.3) is 0 Å². The van der Waals surface area contributed by atoms with Gasteiger partial charge in [-0.25, -0.2) is 0 Å². The van der Waals surface area contributed by atoms with Gasteiger partial charge in [-0.3, -0.25) is 9.58 Å². The van der Waals surface area contributed by atoms with E-state index in [1.165, 1.54) is 0 Å². The molecule has 0 amide bonds. The Kier molecular flexibility index (Phi) is 7.35. The van der Waals surface area contributed by atoms with Crippen molar-refractivity contribution >= 4 is 57.8 Å². The van der Waals surface area contributed by atoms with Gasteiger partial charge in [0.25, 0.3) is 0 Å². The van der Waals surface area contributed by atoms with E-state index in [1.807, 2.05) is 47.3 Å². The molecule has 0 unspecified atom stereocenters. The number of halogens is 3. The molecule has 5 nitrogen and oxygen atoms in total. The average Bonchev–Trinajstić information content (AvgIpc) is 3.19. The zero-order chi connectivity index (χ0) is 21.8. The van der Waals surface area contributed by atoms with Crippen molar-refractivity contribution < 1.29 is 0 Å². The van der Waals surface area contributed by atoms with E-state index in [0.717, 1.165) is 54.6 Å². The van der Waals surface area contributed by atoms with Gasteiger partial charge in [0.2, 0.25) is 0 Å². The van der Waals surface area contributed by atoms with E-state index in [1.54, 1.807) is 12.3 Å². The van der Waals surface area contributed by atoms with E-state index >= 15 is 0 Å². The Bertz CT molecular complexity index is 1060. The quantitative estimate of drug-likeness (QED) is 0.480. The van der Waals surface area contributed by atoms with Gasteiger partial charge >= 0.3 is 0 Å². The normalized spacial score (nSPS) is 14.6. The third-order valence-corrected chi connectivity index (χ3v) is 6.56. The number of nitrogens with one attached hydrogen (secondary N) is 1. The molecular formula is C22H22Cl3N5S. The number of benzene rings is 2. The molecule has 2 aromatic carbocycles. The Balaban J connectivity index is 1.27. The summed E-state index contributed by atoms with van der Waals surface area (Å²) in [6.07, 6.45) is 3.72. The highest BCUT2D eigenvalue weighted by atomic mass is 35.5. The van der Waals surface area contributed by atoms with Gasteiger partial charge in [-0.1, -0.05) is 59.1 Å². The first-order chi connectivity index (χ1) is 15.0. The molecule has 3 aromatic rings. The summed E-state index contributed by atoms with van der Waals surface area (Å²) in [6.45, 7) is 4.94. The van der Waals surface area contributed by atoms with Crippen LogP contribution in [0.5, 0.6) is 0 Å². The summed E-state index contributed by atoms with van der Waals surface area (Å²) < 4.78 is 1.85. The highest BCUT2D eigenvalue weighted by Crippen LogP contribution is 2.23. The molecule has 162 valence electrons. The van der Waals surface area contributed by atoms with E-state index in [0.29, 0.717) is 21.7 Å². The lowest BCUT2D eigenvalue weighted by atomic mass is 10.2. The van der Waals surface area contributed by atoms with Crippen molar-refractivity contribution in [2.45, 2.75) is 13.1 Å². The molecule has 1 saturated heterocycles. The molecule has 0 bridgehead atoms. The van der Waals surface area contributed by atoms with Crippen molar-refractivity contribution in [1.82, 2.24) is 19.6 Å². The number of piperazine rings is 1. The summed E-state index contributed by atoms with van der Waals surface area (Å²) in [5.74, 6) is 0. The van der Waals surface area contributed by atoms with Crippen LogP contribution < -0.4 is 5.32 Å². The predicted molar refractivity (Wildman–Crippen MR) is 132 cm³/mol. The van der Waals surface area contributed by atoms with Crippen molar-refractivity contribution in [3.63, 3.8) is 0 Å². The van der Waals surface area contributed by atoms with Crippen LogP contribution in [0, 0.1) is 0 Å². The van der Waals surface area contributed by atoms with Crippen LogP contribution in [-0.2, 0) is 13.1 Å². The Labute approximate surface area is 202 Å². The lowest BCUT2D eigenvalue weighted by Crippen LogP contribution is -2.49. The molecule has 0 aliphatic carbocycles. The first kappa shape index (κ1) is 22.4. The maximum Gasteiger partial charge on any atom is 0.173 e. The fourth-order valence-electron chi connectivity index (χ4n) is 3.52. The number of hydrogen-bond acceptors (Lipinski definition) is 3. The zero-order valence-electron chi connectivity index (χ0n) is 16.8. The van der Waals surface area contributed by atoms with E-state index in [4.69, 9.17) is 47.0 Å². The second-order valence-electron chi connectivity index (χ2n) is 7.45. The largest absolute Gasteiger partial charge is 0.346 e. The first-order valence-electron chi connectivity index (χ1n) is 9.96. The Morgan fingerprint density at radius 2 is 1.68 bits per heavy atom. The molecule has 1 aliphatic heterocycles. The minimum atomic E-state index is 0.611. The fourth-order valence-corrected chi connectivity index (χ4v) is 4.48. The van der Waals surface area contributed by atoms with Gasteiger partial charge in [0, 0.05) is 54.0 Å². The topological polar surface area (TPSA) is 36.3 Å². The number of hydrogen-bond donors (Lipinski definition) is 1. The second-order valence-corrected chi connectivity index (χ2v) is 9.08. The highest BCUT2D eigenvalue weighted by Gasteiger charge is 2.20. The third-order valence-electron chi connectivity index (χ3n) is 5.24. The molecule has 1 aliphatic rings. The molecule has 1 aromatic heterocycles. The smallest absolute Gasteiger partial charge is 0.173 e. The van der Waals surface area contributed by atoms with Gasteiger partial charge in [0.05, 0.1) is 18.4 Å². The second kappa shape index (κ2) is 10.2. The molecule has 4 rings (SSSR count). The van der Waals surface area contributed by atoms with Crippen molar-refractivity contribution in [1.29, 1.82) is 0 Å². The molecule has 0 saturated carbocycles. The zero-order valence-corrected chi connectivity index (χ0v) is 19.9. The minimum Gasteiger partial charge on any atom is -0.346 e. The molecule has 2 heterocycles. The standard InChI is InChI=1S/C22H22Cl3N5S/c23-18-6-5-17(21(25)11-18)13-28-7-9-29(10-8-28)22(31)27-19-12-26-30(15-19)14-16-3-1-2-4-20(16)24/h1-6,11-12,15H,7-10,13-14H2,(H,27,31). The number of rotatable bonds is 5. The molecule has 1 N–H and O–H groups in total. The van der Waals surface area contributed by atoms with Gasteiger partial charge in [-0.05, 0) is 41.5 Å². The maximum absolute atomic E-state index is 6.31. The molecule has 1 fully saturated rings. The molecule has 31 heavy (non-hydrogen) atoms. The maximum atomic E-state index is 6.31. The van der Waals surface area contributed by atoms with Crippen LogP contribution in [0.15, 0.2) is 54.9 Å². The lowest BCUT2D eigenvalue weighted by Gasteiger charge is -2.36. The van der Waals surface area contributed by atoms with Gasteiger partial charge in [-0.15, -0.1) is 0 Å². The van der Waals surface area contributed by atoms with Gasteiger partial charge in [0.15, 0.2) is 5.11 Å². The average molecular weight is 495 g/mol. The van der Waals surface area contributed by atoms with E-state index in [-0.39, 0.29) is 0 Å². The SMILES string of the molecule is S=C(Nc1cnn(Cc2ccccc2Cl)c1)N1CCN(Cc2ccc(Cl)cc2Cl)CC1. The highest BCUT2D eigenvalue weighted by molar-refractivity contribution is 7.80. The van der Waals surface area contributed by atoms with Crippen LogP contribution in [0.4, 0.5) is 5.69 Å². The summed E-state index contributed by atoms with van der Waals surface area (Å²) in [5, 5.41) is 10.5. The summed E-state index contributed by atoms with van der Waals surface area (Å²) in [7, 11) is 0. The number of thiocarbonyl (C=S) groups is 1. The van der Waals surface area contributed by atoms with Gasteiger partial charge in [0.1, 0.15) is 0 Å². The molecule has 0 atom stereocenters. The third kappa shape index (κ3) is 5.90. The van der Waals surface area contributed by atoms with Crippen LogP contribution in [0.1, 0.15) is 11.1 Å². The molecule has 0 spiro atoms. The van der Waals surface area contributed by atoms with Crippen LogP contribution in [0.3, 0.4) is 0 Å². The minimum absolute atomic E-state index is 0.611. The number of anilines is 1. The van der Waals surface area contributed by atoms with E-state index < -0.39 is 0 Å². The van der Waals surface area contributed by atoms with E-state index in [2.05, 4.69) is 20.2 Å². The summed E-state index contributed by atoms with van der Waals surface area (Å²) in [4.78, 5) is 4.55. The van der Waals surface area contributed by atoms with Gasteiger partial charge in [-0.2, -0.15) is 5.10 Å². The van der Waals surface area contributed by atoms with Crippen molar-refractivity contribution in [2.75, 3.05) is 31.5 Å². The molecule has 0 radical (unpaired) electrons. The van der Waals surface area contributed by atoms with Crippen LogP contribution >= 0.6 is 47.0 Å². The predicted octanol–water partition coefficient (Wildman–Crippen LogP) is 5.41. The summed E-state index contributed by atoms with van der Waals surface area (Å²) in [5.41, 5.74) is 2.98. The van der Waals surface area contributed by atoms with Crippen molar-refractivity contribution in [3.8, 4) is 0 Å². The van der Waals surface area contributed by atoms with Gasteiger partial charge < -0.3 is 10.2 Å². The summed E-state index contributed by atoms with van der Waals surface area (Å²) >= 11 is 24.2. The number of nitrogens with zero attached hydrogens (tertiary/aromatic N) is 4. The molecular weight excluding hydrogens is 473 g/mol. The summed E-state index contributed by atoms with van der Waals surface area (Å²) in [6, 6.07) is 13.4. The van der Waals surface area contributed by atoms with Crippen molar-refractivity contribution in [2.24, 2.45) is 0 Å². The fraction of sp³-hybridized carbons (Fsp3) is 0.273. The molecule has 9 heteroatoms. The first-order valence-corrected chi connectivity index (χ1v) is 11.5. The Hall–Kier alpha value is -1.83. The van der Waals surface area contributed by atoms with Crippen LogP contribution in [0.2, 0.25) is 15.1 Å². The monoisotopic (exact) mass is 493 g/mol.